The Balaban J connectivity index is 1.47. The lowest BCUT2D eigenvalue weighted by Gasteiger charge is -2.48. The molecule has 6 aromatic carbocycles. The summed E-state index contributed by atoms with van der Waals surface area (Å²) in [6.45, 7) is 9.65. The Morgan fingerprint density at radius 1 is 0.511 bits per heavy atom. The predicted octanol–water partition coefficient (Wildman–Crippen LogP) is 10.8. The number of benzene rings is 6. The molecule has 0 spiro atoms. The molecule has 0 aliphatic heterocycles. The van der Waals surface area contributed by atoms with Crippen LogP contribution in [0.1, 0.15) is 38.8 Å². The Morgan fingerprint density at radius 2 is 1.16 bits per heavy atom. The fraction of sp³-hybridized carbons (Fsp3) is 0.143. The predicted molar refractivity (Wildman–Crippen MR) is 188 cm³/mol. The SMILES string of the molecule is CC1(C)c2cc3c4ccccc4n(-c4nc5ccccc5nc4-c4ccccc4)c3cc2-c2c(ccc3ccccc23)C1(C)C. The van der Waals surface area contributed by atoms with Crippen LogP contribution in [0.25, 0.3) is 71.8 Å². The third-order valence-corrected chi connectivity index (χ3v) is 10.7. The van der Waals surface area contributed by atoms with Crippen LogP contribution in [0.2, 0.25) is 0 Å². The number of nitrogens with zero attached hydrogens (tertiary/aromatic N) is 3. The second-order valence-corrected chi connectivity index (χ2v) is 13.5. The van der Waals surface area contributed by atoms with Crippen molar-refractivity contribution in [2.75, 3.05) is 0 Å². The second-order valence-electron chi connectivity index (χ2n) is 13.5. The van der Waals surface area contributed by atoms with Gasteiger partial charge in [-0.2, -0.15) is 0 Å². The molecule has 3 nitrogen and oxygen atoms in total. The molecule has 45 heavy (non-hydrogen) atoms. The van der Waals surface area contributed by atoms with Crippen molar-refractivity contribution in [3.05, 3.63) is 139 Å². The zero-order valence-electron chi connectivity index (χ0n) is 26.0. The van der Waals surface area contributed by atoms with Crippen molar-refractivity contribution >= 4 is 43.6 Å². The lowest BCUT2D eigenvalue weighted by atomic mass is 9.55. The van der Waals surface area contributed by atoms with Gasteiger partial charge in [0.15, 0.2) is 5.82 Å². The molecule has 0 atom stereocenters. The fourth-order valence-electron chi connectivity index (χ4n) is 7.66. The summed E-state index contributed by atoms with van der Waals surface area (Å²) >= 11 is 0. The Hall–Kier alpha value is -5.28. The average Bonchev–Trinajstić information content (AvgIpc) is 3.39. The van der Waals surface area contributed by atoms with E-state index in [1.807, 2.05) is 18.2 Å². The van der Waals surface area contributed by atoms with E-state index in [4.69, 9.17) is 9.97 Å². The molecule has 0 bridgehead atoms. The molecule has 0 amide bonds. The van der Waals surface area contributed by atoms with Gasteiger partial charge in [-0.25, -0.2) is 9.97 Å². The zero-order chi connectivity index (χ0) is 30.5. The van der Waals surface area contributed by atoms with Crippen molar-refractivity contribution in [1.82, 2.24) is 14.5 Å². The summed E-state index contributed by atoms with van der Waals surface area (Å²) in [4.78, 5) is 10.6. The van der Waals surface area contributed by atoms with Crippen LogP contribution in [-0.2, 0) is 10.8 Å². The van der Waals surface area contributed by atoms with Gasteiger partial charge in [-0.3, -0.25) is 4.57 Å². The maximum absolute atomic E-state index is 5.35. The third kappa shape index (κ3) is 3.52. The number of para-hydroxylation sites is 3. The molecule has 0 saturated heterocycles. The van der Waals surface area contributed by atoms with Gasteiger partial charge in [-0.05, 0) is 74.2 Å². The number of hydrogen-bond acceptors (Lipinski definition) is 2. The van der Waals surface area contributed by atoms with Gasteiger partial charge in [0.1, 0.15) is 5.69 Å². The van der Waals surface area contributed by atoms with Crippen molar-refractivity contribution in [2.45, 2.75) is 38.5 Å². The lowest BCUT2D eigenvalue weighted by molar-refractivity contribution is 0.299. The summed E-state index contributed by atoms with van der Waals surface area (Å²) in [6.07, 6.45) is 0. The molecule has 1 aliphatic carbocycles. The minimum absolute atomic E-state index is 0.0737. The summed E-state index contributed by atoms with van der Waals surface area (Å²) in [6, 6.07) is 45.8. The first-order valence-electron chi connectivity index (χ1n) is 15.8. The monoisotopic (exact) mass is 579 g/mol. The maximum Gasteiger partial charge on any atom is 0.165 e. The number of hydrogen-bond donors (Lipinski definition) is 0. The van der Waals surface area contributed by atoms with Crippen LogP contribution in [0.5, 0.6) is 0 Å². The second kappa shape index (κ2) is 9.12. The third-order valence-electron chi connectivity index (χ3n) is 10.7. The van der Waals surface area contributed by atoms with Crippen molar-refractivity contribution in [1.29, 1.82) is 0 Å². The van der Waals surface area contributed by atoms with Gasteiger partial charge in [0.2, 0.25) is 0 Å². The van der Waals surface area contributed by atoms with Gasteiger partial charge < -0.3 is 0 Å². The van der Waals surface area contributed by atoms with Gasteiger partial charge >= 0.3 is 0 Å². The minimum atomic E-state index is -0.104. The molecular formula is C42H33N3. The molecule has 0 radical (unpaired) electrons. The first kappa shape index (κ1) is 26.2. The molecule has 1 aliphatic rings. The van der Waals surface area contributed by atoms with Gasteiger partial charge in [-0.15, -0.1) is 0 Å². The van der Waals surface area contributed by atoms with Gasteiger partial charge in [-0.1, -0.05) is 125 Å². The first-order valence-corrected chi connectivity index (χ1v) is 15.8. The van der Waals surface area contributed by atoms with Crippen LogP contribution >= 0.6 is 0 Å². The molecule has 0 N–H and O–H groups in total. The molecule has 8 aromatic rings. The Bertz CT molecular complexity index is 2480. The summed E-state index contributed by atoms with van der Waals surface area (Å²) in [7, 11) is 0. The van der Waals surface area contributed by atoms with E-state index in [1.165, 1.54) is 43.8 Å². The molecule has 9 rings (SSSR count). The Kier molecular flexibility index (Phi) is 5.30. The Morgan fingerprint density at radius 3 is 1.96 bits per heavy atom. The van der Waals surface area contributed by atoms with Crippen molar-refractivity contribution in [3.63, 3.8) is 0 Å². The molecule has 0 unspecified atom stereocenters. The highest BCUT2D eigenvalue weighted by atomic mass is 15.1. The smallest absolute Gasteiger partial charge is 0.165 e. The largest absolute Gasteiger partial charge is 0.292 e. The quantitative estimate of drug-likeness (QED) is 0.204. The normalized spacial score (nSPS) is 15.0. The van der Waals surface area contributed by atoms with Crippen LogP contribution in [0.15, 0.2) is 127 Å². The standard InChI is InChI=1S/C42H33N3/c1-41(2)32-23-22-26-14-8-9-17-28(26)38(32)31-25-37-30(24-33(31)42(41,3)4)29-18-10-13-21-36(29)45(37)40-39(27-15-6-5-7-16-27)43-34-19-11-12-20-35(34)44-40/h5-25H,1-4H3. The first-order chi connectivity index (χ1) is 21.8. The zero-order valence-corrected chi connectivity index (χ0v) is 26.0. The van der Waals surface area contributed by atoms with Gasteiger partial charge in [0, 0.05) is 16.3 Å². The number of rotatable bonds is 2. The van der Waals surface area contributed by atoms with E-state index in [0.717, 1.165) is 39.1 Å². The minimum Gasteiger partial charge on any atom is -0.292 e. The number of fused-ring (bicyclic) bond motifs is 9. The molecule has 2 aromatic heterocycles. The molecule has 216 valence electrons. The van der Waals surface area contributed by atoms with E-state index < -0.39 is 0 Å². The summed E-state index contributed by atoms with van der Waals surface area (Å²) in [5.41, 5.74) is 11.2. The van der Waals surface area contributed by atoms with Crippen LogP contribution in [0, 0.1) is 0 Å². The van der Waals surface area contributed by atoms with Crippen LogP contribution in [0.3, 0.4) is 0 Å². The van der Waals surface area contributed by atoms with E-state index in [9.17, 15) is 0 Å². The van der Waals surface area contributed by atoms with E-state index in [2.05, 4.69) is 141 Å². The maximum atomic E-state index is 5.35. The number of aromatic nitrogens is 3. The summed E-state index contributed by atoms with van der Waals surface area (Å²) in [5, 5.41) is 5.04. The van der Waals surface area contributed by atoms with Crippen molar-refractivity contribution in [2.24, 2.45) is 0 Å². The fourth-order valence-corrected chi connectivity index (χ4v) is 7.66. The van der Waals surface area contributed by atoms with E-state index in [-0.39, 0.29) is 10.8 Å². The summed E-state index contributed by atoms with van der Waals surface area (Å²) in [5.74, 6) is 0.847. The lowest BCUT2D eigenvalue weighted by Crippen LogP contribution is -2.43. The van der Waals surface area contributed by atoms with Crippen LogP contribution in [0.4, 0.5) is 0 Å². The van der Waals surface area contributed by atoms with Crippen LogP contribution in [-0.4, -0.2) is 14.5 Å². The molecule has 3 heteroatoms. The van der Waals surface area contributed by atoms with Crippen LogP contribution < -0.4 is 0 Å². The topological polar surface area (TPSA) is 30.7 Å². The highest BCUT2D eigenvalue weighted by Crippen LogP contribution is 2.56. The van der Waals surface area contributed by atoms with Gasteiger partial charge in [0.25, 0.3) is 0 Å². The van der Waals surface area contributed by atoms with Crippen molar-refractivity contribution < 1.29 is 0 Å². The Labute approximate surface area is 262 Å². The molecule has 0 fully saturated rings. The van der Waals surface area contributed by atoms with E-state index in [1.54, 1.807) is 0 Å². The van der Waals surface area contributed by atoms with E-state index >= 15 is 0 Å². The highest BCUT2D eigenvalue weighted by Gasteiger charge is 2.46. The average molecular weight is 580 g/mol. The molecule has 0 saturated carbocycles. The van der Waals surface area contributed by atoms with Crippen molar-refractivity contribution in [3.8, 4) is 28.2 Å². The molecular weight excluding hydrogens is 546 g/mol. The van der Waals surface area contributed by atoms with E-state index in [0.29, 0.717) is 0 Å². The van der Waals surface area contributed by atoms with Gasteiger partial charge in [0.05, 0.1) is 22.1 Å². The summed E-state index contributed by atoms with van der Waals surface area (Å²) < 4.78 is 2.35. The highest BCUT2D eigenvalue weighted by molar-refractivity contribution is 6.13. The molecule has 2 heterocycles.